The van der Waals surface area contributed by atoms with Gasteiger partial charge in [-0.15, -0.1) is 11.3 Å². The summed E-state index contributed by atoms with van der Waals surface area (Å²) in [5.41, 5.74) is 5.56. The summed E-state index contributed by atoms with van der Waals surface area (Å²) in [6, 6.07) is 6.46. The molecule has 1 aliphatic heterocycles. The number of aromatic nitrogens is 1. The Balaban J connectivity index is 2.06. The van der Waals surface area contributed by atoms with Gasteiger partial charge in [-0.2, -0.15) is 0 Å². The van der Waals surface area contributed by atoms with Gasteiger partial charge >= 0.3 is 0 Å². The maximum atomic E-state index is 4.28. The maximum Gasteiger partial charge on any atom is 0.0812 e. The van der Waals surface area contributed by atoms with Crippen LogP contribution in [0.2, 0.25) is 0 Å². The van der Waals surface area contributed by atoms with Crippen molar-refractivity contribution in [2.45, 2.75) is 12.8 Å². The van der Waals surface area contributed by atoms with Gasteiger partial charge in [-0.3, -0.25) is 0 Å². The van der Waals surface area contributed by atoms with E-state index in [1.807, 2.05) is 5.51 Å². The molecule has 1 aromatic heterocycles. The summed E-state index contributed by atoms with van der Waals surface area (Å²) < 4.78 is 1.26. The summed E-state index contributed by atoms with van der Waals surface area (Å²) in [6.07, 6.45) is 4.71. The van der Waals surface area contributed by atoms with Gasteiger partial charge in [0.2, 0.25) is 0 Å². The number of nitrogens with zero attached hydrogens (tertiary/aromatic N) is 1. The SMILES string of the molecule is C1=C(c2ccc3ncsc3c2)NCCC1. The molecule has 2 aromatic rings. The molecule has 0 saturated carbocycles. The van der Waals surface area contributed by atoms with Crippen molar-refractivity contribution in [1.82, 2.24) is 10.3 Å². The zero-order valence-corrected chi connectivity index (χ0v) is 9.18. The highest BCUT2D eigenvalue weighted by Crippen LogP contribution is 2.23. The Morgan fingerprint density at radius 3 is 3.20 bits per heavy atom. The Hall–Kier alpha value is -1.35. The molecule has 1 aliphatic rings. The number of benzene rings is 1. The van der Waals surface area contributed by atoms with Crippen molar-refractivity contribution in [2.24, 2.45) is 0 Å². The zero-order valence-electron chi connectivity index (χ0n) is 8.36. The zero-order chi connectivity index (χ0) is 10.1. The number of nitrogens with one attached hydrogen (secondary N) is 1. The molecule has 0 saturated heterocycles. The maximum absolute atomic E-state index is 4.28. The highest BCUT2D eigenvalue weighted by molar-refractivity contribution is 7.16. The lowest BCUT2D eigenvalue weighted by molar-refractivity contribution is 0.744. The van der Waals surface area contributed by atoms with Crippen LogP contribution < -0.4 is 5.32 Å². The minimum absolute atomic E-state index is 1.09. The Morgan fingerprint density at radius 2 is 2.33 bits per heavy atom. The summed E-state index contributed by atoms with van der Waals surface area (Å²) in [4.78, 5) is 4.28. The van der Waals surface area contributed by atoms with Gasteiger partial charge in [0.25, 0.3) is 0 Å². The van der Waals surface area contributed by atoms with Crippen molar-refractivity contribution in [1.29, 1.82) is 0 Å². The first kappa shape index (κ1) is 8.92. The molecule has 1 N–H and O–H groups in total. The van der Waals surface area contributed by atoms with Gasteiger partial charge in [0.1, 0.15) is 0 Å². The van der Waals surface area contributed by atoms with Crippen LogP contribution in [0.1, 0.15) is 18.4 Å². The van der Waals surface area contributed by atoms with E-state index in [9.17, 15) is 0 Å². The second-order valence-electron chi connectivity index (χ2n) is 3.72. The lowest BCUT2D eigenvalue weighted by Gasteiger charge is -2.15. The smallest absolute Gasteiger partial charge is 0.0812 e. The second kappa shape index (κ2) is 3.66. The normalized spacial score (nSPS) is 16.1. The topological polar surface area (TPSA) is 24.9 Å². The molecule has 2 heterocycles. The fourth-order valence-corrected chi connectivity index (χ4v) is 2.60. The number of allylic oxidation sites excluding steroid dienone is 1. The van der Waals surface area contributed by atoms with E-state index in [-0.39, 0.29) is 0 Å². The van der Waals surface area contributed by atoms with Crippen LogP contribution in [0.25, 0.3) is 15.9 Å². The quantitative estimate of drug-likeness (QED) is 0.792. The van der Waals surface area contributed by atoms with E-state index >= 15 is 0 Å². The van der Waals surface area contributed by atoms with Crippen LogP contribution in [0.5, 0.6) is 0 Å². The Bertz CT molecular complexity index is 513. The predicted molar refractivity (Wildman–Crippen MR) is 64.8 cm³/mol. The monoisotopic (exact) mass is 216 g/mol. The van der Waals surface area contributed by atoms with E-state index in [0.717, 1.165) is 12.1 Å². The minimum Gasteiger partial charge on any atom is -0.385 e. The van der Waals surface area contributed by atoms with Crippen molar-refractivity contribution in [3.8, 4) is 0 Å². The second-order valence-corrected chi connectivity index (χ2v) is 4.61. The first-order chi connectivity index (χ1) is 7.43. The third-order valence-electron chi connectivity index (χ3n) is 2.69. The third kappa shape index (κ3) is 1.63. The summed E-state index contributed by atoms with van der Waals surface area (Å²) >= 11 is 1.70. The van der Waals surface area contributed by atoms with Crippen LogP contribution in [0.15, 0.2) is 29.8 Å². The lowest BCUT2D eigenvalue weighted by Crippen LogP contribution is -2.17. The summed E-state index contributed by atoms with van der Waals surface area (Å²) in [7, 11) is 0. The Labute approximate surface area is 92.7 Å². The van der Waals surface area contributed by atoms with Crippen molar-refractivity contribution >= 4 is 27.3 Å². The van der Waals surface area contributed by atoms with Crippen LogP contribution in [0, 0.1) is 0 Å². The Kier molecular flexibility index (Phi) is 2.18. The van der Waals surface area contributed by atoms with Crippen molar-refractivity contribution in [3.63, 3.8) is 0 Å². The summed E-state index contributed by atoms with van der Waals surface area (Å²) in [5.74, 6) is 0. The molecule has 0 unspecified atom stereocenters. The molecule has 76 valence electrons. The van der Waals surface area contributed by atoms with E-state index < -0.39 is 0 Å². The van der Waals surface area contributed by atoms with Crippen molar-refractivity contribution in [2.75, 3.05) is 6.54 Å². The van der Waals surface area contributed by atoms with Gasteiger partial charge in [-0.25, -0.2) is 4.98 Å². The molecule has 0 spiro atoms. The molecule has 0 atom stereocenters. The molecule has 0 amide bonds. The predicted octanol–water partition coefficient (Wildman–Crippen LogP) is 3.02. The van der Waals surface area contributed by atoms with E-state index in [0.29, 0.717) is 0 Å². The van der Waals surface area contributed by atoms with Crippen LogP contribution in [0.4, 0.5) is 0 Å². The van der Waals surface area contributed by atoms with E-state index in [4.69, 9.17) is 0 Å². The van der Waals surface area contributed by atoms with E-state index in [2.05, 4.69) is 34.6 Å². The van der Waals surface area contributed by atoms with Crippen LogP contribution in [-0.4, -0.2) is 11.5 Å². The molecule has 2 nitrogen and oxygen atoms in total. The number of hydrogen-bond acceptors (Lipinski definition) is 3. The fourth-order valence-electron chi connectivity index (χ4n) is 1.89. The molecule has 3 rings (SSSR count). The first-order valence-electron chi connectivity index (χ1n) is 5.21. The summed E-state index contributed by atoms with van der Waals surface area (Å²) in [5, 5.41) is 3.44. The highest BCUT2D eigenvalue weighted by Gasteiger charge is 2.06. The highest BCUT2D eigenvalue weighted by atomic mass is 32.1. The van der Waals surface area contributed by atoms with Gasteiger partial charge in [-0.1, -0.05) is 12.1 Å². The van der Waals surface area contributed by atoms with E-state index in [1.165, 1.54) is 28.8 Å². The standard InChI is InChI=1S/C12H12N2S/c1-2-6-13-10(3-1)9-4-5-11-12(7-9)15-8-14-11/h3-5,7-8,13H,1-2,6H2. The lowest BCUT2D eigenvalue weighted by atomic mass is 10.1. The average molecular weight is 216 g/mol. The van der Waals surface area contributed by atoms with Crippen molar-refractivity contribution in [3.05, 3.63) is 35.3 Å². The van der Waals surface area contributed by atoms with Gasteiger partial charge in [0.15, 0.2) is 0 Å². The molecule has 0 bridgehead atoms. The number of fused-ring (bicyclic) bond motifs is 1. The average Bonchev–Trinajstić information content (AvgIpc) is 2.77. The van der Waals surface area contributed by atoms with Gasteiger partial charge in [0.05, 0.1) is 15.7 Å². The van der Waals surface area contributed by atoms with Crippen LogP contribution >= 0.6 is 11.3 Å². The molecular formula is C12H12N2S. The van der Waals surface area contributed by atoms with Gasteiger partial charge < -0.3 is 5.32 Å². The minimum atomic E-state index is 1.09. The van der Waals surface area contributed by atoms with Crippen molar-refractivity contribution < 1.29 is 0 Å². The molecule has 15 heavy (non-hydrogen) atoms. The third-order valence-corrected chi connectivity index (χ3v) is 3.48. The van der Waals surface area contributed by atoms with E-state index in [1.54, 1.807) is 11.3 Å². The first-order valence-corrected chi connectivity index (χ1v) is 6.09. The number of hydrogen-bond donors (Lipinski definition) is 1. The molecular weight excluding hydrogens is 204 g/mol. The summed E-state index contributed by atoms with van der Waals surface area (Å²) in [6.45, 7) is 1.09. The molecule has 3 heteroatoms. The van der Waals surface area contributed by atoms with Gasteiger partial charge in [-0.05, 0) is 30.5 Å². The molecule has 1 aromatic carbocycles. The fraction of sp³-hybridized carbons (Fsp3) is 0.250. The Morgan fingerprint density at radius 1 is 1.33 bits per heavy atom. The van der Waals surface area contributed by atoms with Crippen LogP contribution in [-0.2, 0) is 0 Å². The number of rotatable bonds is 1. The molecule has 0 radical (unpaired) electrons. The van der Waals surface area contributed by atoms with Gasteiger partial charge in [0, 0.05) is 12.2 Å². The van der Waals surface area contributed by atoms with Crippen LogP contribution in [0.3, 0.4) is 0 Å². The largest absolute Gasteiger partial charge is 0.385 e. The number of thiazole rings is 1. The molecule has 0 aliphatic carbocycles. The molecule has 0 fully saturated rings.